The van der Waals surface area contributed by atoms with Crippen molar-refractivity contribution in [1.29, 1.82) is 0 Å². The molecular weight excluding hydrogens is 406 g/mol. The molecule has 1 N–H and O–H groups in total. The Balaban J connectivity index is 1.69. The highest BCUT2D eigenvalue weighted by atomic mass is 32.1. The van der Waals surface area contributed by atoms with Crippen molar-refractivity contribution >= 4 is 27.2 Å². The summed E-state index contributed by atoms with van der Waals surface area (Å²) in [5, 5.41) is 15.0. The van der Waals surface area contributed by atoms with E-state index in [9.17, 15) is 9.90 Å². The van der Waals surface area contributed by atoms with E-state index in [0.29, 0.717) is 12.8 Å². The van der Waals surface area contributed by atoms with Gasteiger partial charge in [0.2, 0.25) is 0 Å². The van der Waals surface area contributed by atoms with Crippen LogP contribution in [0.2, 0.25) is 0 Å². The standard InChI is InChI=1S/C26H36NO3S/c1-25(2,3)27-14-10-18(11-15-27)24(28)23(26(29)12-6-5-7-13-26)21-17-31-22-9-8-19(30-4)16-20(21)22/h8-9,16-17,23,29H,5-7,10-15H2,1-4H3. The second-order valence-electron chi connectivity index (χ2n) is 10.3. The summed E-state index contributed by atoms with van der Waals surface area (Å²) in [5.41, 5.74) is 0.148. The van der Waals surface area contributed by atoms with Crippen molar-refractivity contribution < 1.29 is 14.6 Å². The highest BCUT2D eigenvalue weighted by Crippen LogP contribution is 2.47. The third kappa shape index (κ3) is 4.55. The van der Waals surface area contributed by atoms with E-state index in [1.807, 2.05) is 12.1 Å². The lowest BCUT2D eigenvalue weighted by atomic mass is 9.68. The monoisotopic (exact) mass is 442 g/mol. The Labute approximate surface area is 190 Å². The summed E-state index contributed by atoms with van der Waals surface area (Å²) in [6.45, 7) is 8.52. The summed E-state index contributed by atoms with van der Waals surface area (Å²) in [4.78, 5) is 16.5. The number of methoxy groups -OCH3 is 1. The van der Waals surface area contributed by atoms with E-state index in [-0.39, 0.29) is 11.3 Å². The number of hydrogen-bond donors (Lipinski definition) is 1. The van der Waals surface area contributed by atoms with Crippen LogP contribution in [0.4, 0.5) is 0 Å². The smallest absolute Gasteiger partial charge is 0.150 e. The molecule has 1 radical (unpaired) electrons. The summed E-state index contributed by atoms with van der Waals surface area (Å²) in [7, 11) is 1.67. The molecule has 1 aliphatic heterocycles. The normalized spacial score (nSPS) is 21.8. The number of benzene rings is 1. The van der Waals surface area contributed by atoms with Crippen molar-refractivity contribution in [3.05, 3.63) is 35.1 Å². The number of carbonyl (C=O) groups is 1. The number of carbonyl (C=O) groups excluding carboxylic acids is 1. The Morgan fingerprint density at radius 2 is 1.84 bits per heavy atom. The second kappa shape index (κ2) is 8.84. The van der Waals surface area contributed by atoms with Crippen molar-refractivity contribution in [2.45, 2.75) is 82.8 Å². The fourth-order valence-corrected chi connectivity index (χ4v) is 6.37. The number of aliphatic hydroxyl groups is 1. The molecule has 1 aromatic carbocycles. The average molecular weight is 443 g/mol. The molecule has 1 aromatic heterocycles. The molecule has 169 valence electrons. The molecule has 4 nitrogen and oxygen atoms in total. The van der Waals surface area contributed by atoms with Crippen LogP contribution in [0.5, 0.6) is 5.75 Å². The molecule has 1 atom stereocenters. The van der Waals surface area contributed by atoms with Gasteiger partial charge in [0.05, 0.1) is 18.6 Å². The van der Waals surface area contributed by atoms with E-state index < -0.39 is 11.5 Å². The molecule has 2 heterocycles. The van der Waals surface area contributed by atoms with Crippen LogP contribution in [0.15, 0.2) is 23.6 Å². The minimum atomic E-state index is -0.958. The summed E-state index contributed by atoms with van der Waals surface area (Å²) in [6, 6.07) is 6.05. The van der Waals surface area contributed by atoms with Gasteiger partial charge >= 0.3 is 0 Å². The van der Waals surface area contributed by atoms with Gasteiger partial charge in [0.25, 0.3) is 0 Å². The Morgan fingerprint density at radius 1 is 1.16 bits per heavy atom. The predicted octanol–water partition coefficient (Wildman–Crippen LogP) is 5.73. The molecule has 0 bridgehead atoms. The molecule has 0 spiro atoms. The number of fused-ring (bicyclic) bond motifs is 1. The van der Waals surface area contributed by atoms with Crippen LogP contribution in [0, 0.1) is 5.92 Å². The minimum absolute atomic E-state index is 0.121. The maximum absolute atomic E-state index is 14.0. The summed E-state index contributed by atoms with van der Waals surface area (Å²) >= 11 is 1.66. The number of ether oxygens (including phenoxy) is 1. The van der Waals surface area contributed by atoms with Gasteiger partial charge in [-0.1, -0.05) is 19.3 Å². The third-order valence-corrected chi connectivity index (χ3v) is 8.29. The lowest BCUT2D eigenvalue weighted by Crippen LogP contribution is -2.49. The van der Waals surface area contributed by atoms with Gasteiger partial charge < -0.3 is 9.84 Å². The first-order valence-corrected chi connectivity index (χ1v) is 12.5. The quantitative estimate of drug-likeness (QED) is 0.643. The first kappa shape index (κ1) is 22.8. The van der Waals surface area contributed by atoms with Gasteiger partial charge in [-0.25, -0.2) is 0 Å². The van der Waals surface area contributed by atoms with Crippen LogP contribution in [0.25, 0.3) is 10.1 Å². The van der Waals surface area contributed by atoms with Gasteiger partial charge in [-0.05, 0) is 88.7 Å². The Morgan fingerprint density at radius 3 is 2.45 bits per heavy atom. The topological polar surface area (TPSA) is 49.8 Å². The van der Waals surface area contributed by atoms with Crippen molar-refractivity contribution in [3.63, 3.8) is 0 Å². The first-order chi connectivity index (χ1) is 14.7. The molecule has 4 rings (SSSR count). The second-order valence-corrected chi connectivity index (χ2v) is 11.2. The number of hydrogen-bond acceptors (Lipinski definition) is 5. The van der Waals surface area contributed by atoms with Crippen molar-refractivity contribution in [3.8, 4) is 5.75 Å². The molecule has 2 aliphatic rings. The van der Waals surface area contributed by atoms with Crippen molar-refractivity contribution in [1.82, 2.24) is 4.90 Å². The van der Waals surface area contributed by atoms with Crippen LogP contribution < -0.4 is 4.74 Å². The lowest BCUT2D eigenvalue weighted by Gasteiger charge is -2.43. The number of ketones is 1. The van der Waals surface area contributed by atoms with Gasteiger partial charge in [0, 0.05) is 21.5 Å². The molecule has 0 amide bonds. The largest absolute Gasteiger partial charge is 0.497 e. The van der Waals surface area contributed by atoms with Gasteiger partial charge in [-0.15, -0.1) is 11.3 Å². The zero-order valence-corrected chi connectivity index (χ0v) is 20.2. The van der Waals surface area contributed by atoms with E-state index in [1.54, 1.807) is 18.4 Å². The summed E-state index contributed by atoms with van der Waals surface area (Å²) in [5.74, 6) is 1.48. The number of likely N-dealkylation sites (tertiary alicyclic amines) is 1. The van der Waals surface area contributed by atoms with Gasteiger partial charge in [-0.3, -0.25) is 9.69 Å². The molecule has 31 heavy (non-hydrogen) atoms. The minimum Gasteiger partial charge on any atom is -0.497 e. The molecule has 5 heteroatoms. The number of Topliss-reactive ketones (excluding diaryl/α,β-unsaturated/α-hetero) is 1. The van der Waals surface area contributed by atoms with E-state index in [2.05, 4.69) is 37.1 Å². The third-order valence-electron chi connectivity index (χ3n) is 7.30. The van der Waals surface area contributed by atoms with E-state index in [0.717, 1.165) is 72.5 Å². The van der Waals surface area contributed by atoms with Crippen LogP contribution in [-0.4, -0.2) is 47.1 Å². The fourth-order valence-electron chi connectivity index (χ4n) is 5.40. The highest BCUT2D eigenvalue weighted by molar-refractivity contribution is 7.17. The summed E-state index contributed by atoms with van der Waals surface area (Å²) < 4.78 is 6.60. The molecule has 1 saturated carbocycles. The summed E-state index contributed by atoms with van der Waals surface area (Å²) in [6.07, 6.45) is 6.11. The zero-order valence-electron chi connectivity index (χ0n) is 19.4. The predicted molar refractivity (Wildman–Crippen MR) is 128 cm³/mol. The molecule has 1 unspecified atom stereocenters. The first-order valence-electron chi connectivity index (χ1n) is 11.6. The molecule has 1 saturated heterocycles. The Hall–Kier alpha value is -1.43. The van der Waals surface area contributed by atoms with Crippen molar-refractivity contribution in [2.24, 2.45) is 0 Å². The van der Waals surface area contributed by atoms with Gasteiger partial charge in [0.1, 0.15) is 5.75 Å². The zero-order chi connectivity index (χ0) is 22.2. The molecule has 2 fully saturated rings. The van der Waals surface area contributed by atoms with Crippen LogP contribution in [0.1, 0.15) is 77.2 Å². The number of thiophene rings is 1. The molecule has 1 aliphatic carbocycles. The fraction of sp³-hybridized carbons (Fsp3) is 0.615. The maximum Gasteiger partial charge on any atom is 0.150 e. The van der Waals surface area contributed by atoms with E-state index >= 15 is 0 Å². The van der Waals surface area contributed by atoms with Crippen LogP contribution >= 0.6 is 11.3 Å². The average Bonchev–Trinajstić information content (AvgIpc) is 3.16. The Bertz CT molecular complexity index is 914. The molecule has 2 aromatic rings. The maximum atomic E-state index is 14.0. The van der Waals surface area contributed by atoms with E-state index in [4.69, 9.17) is 4.74 Å². The number of nitrogens with zero attached hydrogens (tertiary/aromatic N) is 1. The van der Waals surface area contributed by atoms with Gasteiger partial charge in [-0.2, -0.15) is 0 Å². The van der Waals surface area contributed by atoms with Gasteiger partial charge in [0.15, 0.2) is 5.78 Å². The number of rotatable bonds is 5. The van der Waals surface area contributed by atoms with Crippen LogP contribution in [0.3, 0.4) is 0 Å². The highest BCUT2D eigenvalue weighted by Gasteiger charge is 2.46. The Kier molecular flexibility index (Phi) is 6.49. The van der Waals surface area contributed by atoms with E-state index in [1.165, 1.54) is 0 Å². The lowest BCUT2D eigenvalue weighted by molar-refractivity contribution is -0.128. The SMILES string of the molecule is COc1ccc2scc(C(C(=O)[C]3CCN(C(C)(C)C)CC3)C3(O)CCCCC3)c2c1. The van der Waals surface area contributed by atoms with Crippen LogP contribution in [-0.2, 0) is 4.79 Å². The molecular formula is C26H36NO3S. The number of piperidine rings is 1. The van der Waals surface area contributed by atoms with Crippen molar-refractivity contribution in [2.75, 3.05) is 20.2 Å².